The quantitative estimate of drug-likeness (QED) is 0.0819. The van der Waals surface area contributed by atoms with Crippen LogP contribution in [0.1, 0.15) is 111 Å². The van der Waals surface area contributed by atoms with Crippen molar-refractivity contribution in [2.45, 2.75) is 117 Å². The van der Waals surface area contributed by atoms with Gasteiger partial charge in [-0.3, -0.25) is 14.4 Å². The maximum Gasteiger partial charge on any atom is 0.306 e. The van der Waals surface area contributed by atoms with Gasteiger partial charge < -0.3 is 14.2 Å². The molecule has 1 atom stereocenters. The summed E-state index contributed by atoms with van der Waals surface area (Å²) in [5, 5.41) is 0. The van der Waals surface area contributed by atoms with Gasteiger partial charge in [-0.2, -0.15) is 0 Å². The van der Waals surface area contributed by atoms with Gasteiger partial charge in [0.15, 0.2) is 6.10 Å². The van der Waals surface area contributed by atoms with Crippen molar-refractivity contribution in [3.8, 4) is 0 Å². The van der Waals surface area contributed by atoms with E-state index in [1.807, 2.05) is 13.8 Å². The van der Waals surface area contributed by atoms with E-state index in [9.17, 15) is 14.4 Å². The highest BCUT2D eigenvalue weighted by Crippen LogP contribution is 2.11. The van der Waals surface area contributed by atoms with E-state index < -0.39 is 12.1 Å². The van der Waals surface area contributed by atoms with Crippen molar-refractivity contribution in [2.75, 3.05) is 13.2 Å². The average Bonchev–Trinajstić information content (AvgIpc) is 2.79. The summed E-state index contributed by atoms with van der Waals surface area (Å²) < 4.78 is 15.6. The van der Waals surface area contributed by atoms with Crippen LogP contribution < -0.4 is 0 Å². The van der Waals surface area contributed by atoms with Gasteiger partial charge in [0.1, 0.15) is 13.2 Å². The summed E-state index contributed by atoms with van der Waals surface area (Å²) in [5.41, 5.74) is 0. The summed E-state index contributed by atoms with van der Waals surface area (Å²) in [4.78, 5) is 35.3. The second-order valence-corrected chi connectivity index (χ2v) is 8.35. The van der Waals surface area contributed by atoms with Crippen molar-refractivity contribution in [3.63, 3.8) is 0 Å². The molecule has 0 fully saturated rings. The first kappa shape index (κ1) is 30.9. The van der Waals surface area contributed by atoms with E-state index in [1.54, 1.807) is 0 Å². The van der Waals surface area contributed by atoms with Crippen molar-refractivity contribution in [3.05, 3.63) is 24.3 Å². The maximum atomic E-state index is 12.1. The van der Waals surface area contributed by atoms with E-state index in [0.29, 0.717) is 12.8 Å². The third-order valence-corrected chi connectivity index (χ3v) is 5.18. The highest BCUT2D eigenvalue weighted by atomic mass is 16.6. The number of esters is 3. The average molecular weight is 467 g/mol. The van der Waals surface area contributed by atoms with E-state index in [1.165, 1.54) is 19.8 Å². The zero-order chi connectivity index (χ0) is 24.6. The van der Waals surface area contributed by atoms with Crippen LogP contribution in [0.2, 0.25) is 0 Å². The van der Waals surface area contributed by atoms with Gasteiger partial charge in [-0.05, 0) is 52.4 Å². The number of hydrogen-bond acceptors (Lipinski definition) is 6. The van der Waals surface area contributed by atoms with Crippen LogP contribution in [0, 0.1) is 0 Å². The summed E-state index contributed by atoms with van der Waals surface area (Å²) in [6.07, 6.45) is 20.9. The number of unbranched alkanes of at least 4 members (excludes halogenated alkanes) is 10. The Labute approximate surface area is 201 Å². The maximum absolute atomic E-state index is 12.1. The van der Waals surface area contributed by atoms with Crippen LogP contribution in [-0.4, -0.2) is 37.2 Å². The summed E-state index contributed by atoms with van der Waals surface area (Å²) in [6.45, 7) is 5.15. The van der Waals surface area contributed by atoms with Crippen LogP contribution in [0.3, 0.4) is 0 Å². The third kappa shape index (κ3) is 22.9. The first-order valence-electron chi connectivity index (χ1n) is 12.7. The van der Waals surface area contributed by atoms with Gasteiger partial charge in [0.05, 0.1) is 0 Å². The van der Waals surface area contributed by atoms with Gasteiger partial charge in [0.25, 0.3) is 0 Å². The molecule has 0 saturated carbocycles. The lowest BCUT2D eigenvalue weighted by Crippen LogP contribution is -2.30. The molecule has 190 valence electrons. The second kappa shape index (κ2) is 23.1. The Bertz CT molecular complexity index is 567. The largest absolute Gasteiger partial charge is 0.462 e. The molecular weight excluding hydrogens is 420 g/mol. The van der Waals surface area contributed by atoms with Crippen LogP contribution in [0.4, 0.5) is 0 Å². The predicted octanol–water partition coefficient (Wildman–Crippen LogP) is 6.62. The molecule has 0 bridgehead atoms. The Balaban J connectivity index is 4.05. The summed E-state index contributed by atoms with van der Waals surface area (Å²) in [6, 6.07) is 0. The Hall–Kier alpha value is -2.11. The number of carbonyl (C=O) groups excluding carboxylic acids is 3. The van der Waals surface area contributed by atoms with Gasteiger partial charge in [-0.15, -0.1) is 0 Å². The van der Waals surface area contributed by atoms with Crippen molar-refractivity contribution in [1.29, 1.82) is 0 Å². The van der Waals surface area contributed by atoms with E-state index in [4.69, 9.17) is 14.2 Å². The zero-order valence-electron chi connectivity index (χ0n) is 21.1. The summed E-state index contributed by atoms with van der Waals surface area (Å²) in [5.74, 6) is -1.13. The zero-order valence-corrected chi connectivity index (χ0v) is 21.1. The number of rotatable bonds is 21. The lowest BCUT2D eigenvalue weighted by Gasteiger charge is -2.17. The normalized spacial score (nSPS) is 12.2. The van der Waals surface area contributed by atoms with Crippen molar-refractivity contribution in [2.24, 2.45) is 0 Å². The molecule has 6 nitrogen and oxygen atoms in total. The molecule has 0 aliphatic heterocycles. The number of allylic oxidation sites excluding steroid dienone is 4. The van der Waals surface area contributed by atoms with E-state index in [0.717, 1.165) is 64.2 Å². The van der Waals surface area contributed by atoms with Crippen LogP contribution in [0.25, 0.3) is 0 Å². The monoisotopic (exact) mass is 466 g/mol. The molecule has 33 heavy (non-hydrogen) atoms. The van der Waals surface area contributed by atoms with Crippen molar-refractivity contribution in [1.82, 2.24) is 0 Å². The highest BCUT2D eigenvalue weighted by Gasteiger charge is 2.18. The number of carbonyl (C=O) groups is 3. The van der Waals surface area contributed by atoms with E-state index in [2.05, 4.69) is 24.3 Å². The van der Waals surface area contributed by atoms with Gasteiger partial charge in [0, 0.05) is 19.8 Å². The minimum Gasteiger partial charge on any atom is -0.462 e. The molecule has 0 aromatic heterocycles. The fraction of sp³-hybridized carbons (Fsp3) is 0.741. The standard InChI is InChI=1S/C27H46O6/c1-4-6-8-10-12-14-16-18-20-26(29)32-23-25(22-31-24(3)28)33-27(30)21-19-17-15-13-11-9-7-5-2/h4-7,25H,8-23H2,1-3H3. The first-order chi connectivity index (χ1) is 16.0. The molecule has 0 saturated heterocycles. The molecule has 0 amide bonds. The lowest BCUT2D eigenvalue weighted by molar-refractivity contribution is -0.166. The molecule has 1 unspecified atom stereocenters. The molecule has 0 aliphatic rings. The highest BCUT2D eigenvalue weighted by molar-refractivity contribution is 5.70. The van der Waals surface area contributed by atoms with Crippen molar-refractivity contribution < 1.29 is 28.6 Å². The number of ether oxygens (including phenoxy) is 3. The van der Waals surface area contributed by atoms with Gasteiger partial charge in [-0.1, -0.05) is 62.8 Å². The molecule has 0 aromatic carbocycles. The Morgan fingerprint density at radius 2 is 1.09 bits per heavy atom. The Kier molecular flexibility index (Phi) is 21.6. The van der Waals surface area contributed by atoms with Crippen LogP contribution >= 0.6 is 0 Å². The molecule has 0 N–H and O–H groups in total. The van der Waals surface area contributed by atoms with Gasteiger partial charge >= 0.3 is 17.9 Å². The van der Waals surface area contributed by atoms with Crippen molar-refractivity contribution >= 4 is 17.9 Å². The predicted molar refractivity (Wildman–Crippen MR) is 132 cm³/mol. The van der Waals surface area contributed by atoms with Crippen LogP contribution in [-0.2, 0) is 28.6 Å². The molecule has 6 heteroatoms. The molecule has 0 aliphatic carbocycles. The minimum absolute atomic E-state index is 0.0911. The van der Waals surface area contributed by atoms with E-state index >= 15 is 0 Å². The van der Waals surface area contributed by atoms with Crippen LogP contribution in [0.5, 0.6) is 0 Å². The SMILES string of the molecule is CC=CCCCCCCCC(=O)OCC(COC(C)=O)OC(=O)CCCCCCCC=CC. The smallest absolute Gasteiger partial charge is 0.306 e. The summed E-state index contributed by atoms with van der Waals surface area (Å²) >= 11 is 0. The first-order valence-corrected chi connectivity index (χ1v) is 12.7. The lowest BCUT2D eigenvalue weighted by atomic mass is 10.1. The molecular formula is C27H46O6. The van der Waals surface area contributed by atoms with Gasteiger partial charge in [-0.25, -0.2) is 0 Å². The summed E-state index contributed by atoms with van der Waals surface area (Å²) in [7, 11) is 0. The fourth-order valence-electron chi connectivity index (χ4n) is 3.29. The van der Waals surface area contributed by atoms with Crippen LogP contribution in [0.15, 0.2) is 24.3 Å². The molecule has 0 rings (SSSR count). The topological polar surface area (TPSA) is 78.9 Å². The number of hydrogen-bond donors (Lipinski definition) is 0. The minimum atomic E-state index is -0.766. The molecule has 0 aromatic rings. The Morgan fingerprint density at radius 3 is 1.61 bits per heavy atom. The van der Waals surface area contributed by atoms with Gasteiger partial charge in [0.2, 0.25) is 0 Å². The fourth-order valence-corrected chi connectivity index (χ4v) is 3.29. The molecule has 0 heterocycles. The molecule has 0 radical (unpaired) electrons. The van der Waals surface area contributed by atoms with E-state index in [-0.39, 0.29) is 25.2 Å². The molecule has 0 spiro atoms. The third-order valence-electron chi connectivity index (χ3n) is 5.18. The second-order valence-electron chi connectivity index (χ2n) is 8.35. The Morgan fingerprint density at radius 1 is 0.636 bits per heavy atom.